The van der Waals surface area contributed by atoms with E-state index in [1.165, 1.54) is 5.56 Å². The lowest BCUT2D eigenvalue weighted by Crippen LogP contribution is -2.38. The van der Waals surface area contributed by atoms with Crippen molar-refractivity contribution in [1.82, 2.24) is 5.32 Å². The number of ether oxygens (including phenoxy) is 2. The number of aryl methyl sites for hydroxylation is 1. The SMILES string of the molecule is CCCCC(C)(CCCNC(CCc1ccccc1)C(=O)c1cc(OC)c(C)c(OC)c1)C(=O)O. The summed E-state index contributed by atoms with van der Waals surface area (Å²) in [7, 11) is 3.16. The predicted octanol–water partition coefficient (Wildman–Crippen LogP) is 5.85. The molecule has 2 unspecified atom stereocenters. The van der Waals surface area contributed by atoms with Crippen molar-refractivity contribution in [1.29, 1.82) is 0 Å². The standard InChI is InChI=1S/C29H41NO5/c1-6-7-16-29(3,28(32)33)17-11-18-30-24(15-14-22-12-9-8-10-13-22)27(31)23-19-25(34-4)21(2)26(20-23)35-5/h8-10,12-13,19-20,24,30H,6-7,11,14-18H2,1-5H3,(H,32,33). The Hall–Kier alpha value is -2.86. The maximum Gasteiger partial charge on any atom is 0.309 e. The van der Waals surface area contributed by atoms with Crippen molar-refractivity contribution < 1.29 is 24.2 Å². The number of carbonyl (C=O) groups excluding carboxylic acids is 1. The lowest BCUT2D eigenvalue weighted by Gasteiger charge is -2.25. The van der Waals surface area contributed by atoms with Crippen molar-refractivity contribution in [2.45, 2.75) is 71.8 Å². The van der Waals surface area contributed by atoms with Gasteiger partial charge in [0.2, 0.25) is 0 Å². The van der Waals surface area contributed by atoms with Gasteiger partial charge in [0, 0.05) is 11.1 Å². The Kier molecular flexibility index (Phi) is 11.3. The van der Waals surface area contributed by atoms with Crippen molar-refractivity contribution >= 4 is 11.8 Å². The van der Waals surface area contributed by atoms with E-state index >= 15 is 0 Å². The van der Waals surface area contributed by atoms with Gasteiger partial charge in [-0.2, -0.15) is 0 Å². The summed E-state index contributed by atoms with van der Waals surface area (Å²) in [5.74, 6) is 0.455. The summed E-state index contributed by atoms with van der Waals surface area (Å²) in [4.78, 5) is 25.4. The van der Waals surface area contributed by atoms with E-state index in [-0.39, 0.29) is 5.78 Å². The van der Waals surface area contributed by atoms with Crippen LogP contribution in [0, 0.1) is 12.3 Å². The fourth-order valence-electron chi connectivity index (χ4n) is 4.37. The van der Waals surface area contributed by atoms with Gasteiger partial charge >= 0.3 is 5.97 Å². The minimum Gasteiger partial charge on any atom is -0.496 e. The molecule has 2 aromatic carbocycles. The maximum absolute atomic E-state index is 13.6. The van der Waals surface area contributed by atoms with Crippen LogP contribution in [0.4, 0.5) is 0 Å². The van der Waals surface area contributed by atoms with Crippen molar-refractivity contribution in [3.05, 3.63) is 59.2 Å². The molecule has 2 N–H and O–H groups in total. The zero-order valence-electron chi connectivity index (χ0n) is 21.9. The Morgan fingerprint density at radius 3 is 2.17 bits per heavy atom. The molecule has 35 heavy (non-hydrogen) atoms. The topological polar surface area (TPSA) is 84.9 Å². The van der Waals surface area contributed by atoms with Crippen molar-refractivity contribution in [2.24, 2.45) is 5.41 Å². The van der Waals surface area contributed by atoms with Gasteiger partial charge in [-0.1, -0.05) is 50.1 Å². The second-order valence-electron chi connectivity index (χ2n) is 9.47. The molecule has 6 nitrogen and oxygen atoms in total. The number of ketones is 1. The molecule has 0 saturated heterocycles. The Bertz CT molecular complexity index is 934. The summed E-state index contributed by atoms with van der Waals surface area (Å²) < 4.78 is 10.9. The van der Waals surface area contributed by atoms with Crippen LogP contribution >= 0.6 is 0 Å². The molecule has 0 amide bonds. The molecular weight excluding hydrogens is 442 g/mol. The number of hydrogen-bond donors (Lipinski definition) is 2. The average Bonchev–Trinajstić information content (AvgIpc) is 2.87. The molecule has 0 heterocycles. The molecule has 0 aliphatic carbocycles. The molecule has 0 fully saturated rings. The molecule has 2 rings (SSSR count). The van der Waals surface area contributed by atoms with Crippen molar-refractivity contribution in [2.75, 3.05) is 20.8 Å². The number of hydrogen-bond acceptors (Lipinski definition) is 5. The van der Waals surface area contributed by atoms with Gasteiger partial charge in [0.05, 0.1) is 25.7 Å². The lowest BCUT2D eigenvalue weighted by molar-refractivity contribution is -0.148. The summed E-state index contributed by atoms with van der Waals surface area (Å²) in [6.45, 7) is 6.37. The smallest absolute Gasteiger partial charge is 0.309 e. The minimum atomic E-state index is -0.749. The number of rotatable bonds is 16. The zero-order valence-corrected chi connectivity index (χ0v) is 21.9. The maximum atomic E-state index is 13.6. The van der Waals surface area contributed by atoms with Crippen molar-refractivity contribution in [3.63, 3.8) is 0 Å². The second-order valence-corrected chi connectivity index (χ2v) is 9.47. The number of unbranched alkanes of at least 4 members (excludes halogenated alkanes) is 1. The number of nitrogens with one attached hydrogen (secondary N) is 1. The van der Waals surface area contributed by atoms with Crippen LogP contribution < -0.4 is 14.8 Å². The van der Waals surface area contributed by atoms with E-state index in [0.717, 1.165) is 24.8 Å². The number of methoxy groups -OCH3 is 2. The Labute approximate surface area is 210 Å². The fraction of sp³-hybridized carbons (Fsp3) is 0.517. The number of carbonyl (C=O) groups is 2. The second kappa shape index (κ2) is 13.9. The fourth-order valence-corrected chi connectivity index (χ4v) is 4.37. The summed E-state index contributed by atoms with van der Waals surface area (Å²) in [6, 6.07) is 13.2. The van der Waals surface area contributed by atoms with E-state index in [9.17, 15) is 14.7 Å². The number of carboxylic acids is 1. The molecular formula is C29H41NO5. The van der Waals surface area contributed by atoms with Gasteiger partial charge in [-0.05, 0) is 70.2 Å². The Morgan fingerprint density at radius 2 is 1.63 bits per heavy atom. The van der Waals surface area contributed by atoms with Gasteiger partial charge in [0.1, 0.15) is 11.5 Å². The Balaban J connectivity index is 2.16. The van der Waals surface area contributed by atoms with E-state index in [4.69, 9.17) is 9.47 Å². The van der Waals surface area contributed by atoms with Crippen LogP contribution in [-0.2, 0) is 11.2 Å². The first-order chi connectivity index (χ1) is 16.8. The van der Waals surface area contributed by atoms with Gasteiger partial charge < -0.3 is 19.9 Å². The molecule has 0 spiro atoms. The van der Waals surface area contributed by atoms with E-state index in [0.29, 0.717) is 49.3 Å². The van der Waals surface area contributed by atoms with Crippen molar-refractivity contribution in [3.8, 4) is 11.5 Å². The number of Topliss-reactive ketones (excluding diaryl/α,β-unsaturated/α-hetero) is 1. The first kappa shape index (κ1) is 28.4. The van der Waals surface area contributed by atoms with Crippen LogP contribution in [0.2, 0.25) is 0 Å². The molecule has 0 aliphatic heterocycles. The van der Waals surface area contributed by atoms with Gasteiger partial charge in [0.25, 0.3) is 0 Å². The van der Waals surface area contributed by atoms with Gasteiger partial charge in [0.15, 0.2) is 5.78 Å². The highest BCUT2D eigenvalue weighted by molar-refractivity contribution is 6.01. The zero-order chi connectivity index (χ0) is 25.8. The number of aliphatic carboxylic acids is 1. The van der Waals surface area contributed by atoms with Crippen LogP contribution in [-0.4, -0.2) is 43.7 Å². The monoisotopic (exact) mass is 483 g/mol. The molecule has 0 aromatic heterocycles. The molecule has 0 radical (unpaired) electrons. The summed E-state index contributed by atoms with van der Waals surface area (Å²) in [5, 5.41) is 13.2. The molecule has 0 saturated carbocycles. The van der Waals surface area contributed by atoms with Crippen LogP contribution in [0.3, 0.4) is 0 Å². The van der Waals surface area contributed by atoms with E-state index in [1.807, 2.05) is 32.0 Å². The summed E-state index contributed by atoms with van der Waals surface area (Å²) >= 11 is 0. The molecule has 6 heteroatoms. The first-order valence-corrected chi connectivity index (χ1v) is 12.5. The van der Waals surface area contributed by atoms with E-state index in [1.54, 1.807) is 26.4 Å². The number of carboxylic acid groups (broad SMARTS) is 1. The van der Waals surface area contributed by atoms with Gasteiger partial charge in [-0.25, -0.2) is 0 Å². The first-order valence-electron chi connectivity index (χ1n) is 12.5. The van der Waals surface area contributed by atoms with E-state index < -0.39 is 17.4 Å². The van der Waals surface area contributed by atoms with Gasteiger partial charge in [-0.3, -0.25) is 9.59 Å². The highest BCUT2D eigenvalue weighted by atomic mass is 16.5. The largest absolute Gasteiger partial charge is 0.496 e. The molecule has 0 aliphatic rings. The third kappa shape index (κ3) is 8.10. The van der Waals surface area contributed by atoms with Crippen LogP contribution in [0.25, 0.3) is 0 Å². The summed E-state index contributed by atoms with van der Waals surface area (Å²) in [5.41, 5.74) is 1.82. The Morgan fingerprint density at radius 1 is 1.03 bits per heavy atom. The van der Waals surface area contributed by atoms with Crippen LogP contribution in [0.15, 0.2) is 42.5 Å². The van der Waals surface area contributed by atoms with Gasteiger partial charge in [-0.15, -0.1) is 0 Å². The minimum absolute atomic E-state index is 0.0236. The predicted molar refractivity (Wildman–Crippen MR) is 140 cm³/mol. The molecule has 192 valence electrons. The van der Waals surface area contributed by atoms with Crippen LogP contribution in [0.5, 0.6) is 11.5 Å². The number of benzene rings is 2. The normalized spacial score (nSPS) is 13.6. The average molecular weight is 484 g/mol. The third-order valence-electron chi connectivity index (χ3n) is 6.81. The highest BCUT2D eigenvalue weighted by Crippen LogP contribution is 2.31. The lowest BCUT2D eigenvalue weighted by atomic mass is 9.80. The highest BCUT2D eigenvalue weighted by Gasteiger charge is 2.32. The molecule has 2 aromatic rings. The third-order valence-corrected chi connectivity index (χ3v) is 6.81. The van der Waals surface area contributed by atoms with E-state index in [2.05, 4.69) is 24.4 Å². The van der Waals surface area contributed by atoms with Crippen LogP contribution in [0.1, 0.15) is 73.9 Å². The summed E-state index contributed by atoms with van der Waals surface area (Å²) in [6.07, 6.45) is 5.18. The quantitative estimate of drug-likeness (QED) is 0.230. The molecule has 2 atom stereocenters. The molecule has 0 bridgehead atoms.